The van der Waals surface area contributed by atoms with Gasteiger partial charge in [-0.15, -0.1) is 5.10 Å². The number of nitrogens with zero attached hydrogens (tertiary/aromatic N) is 4. The predicted octanol–water partition coefficient (Wildman–Crippen LogP) is -0.0885. The molecule has 3 heterocycles. The second kappa shape index (κ2) is 5.90. The van der Waals surface area contributed by atoms with Gasteiger partial charge >= 0.3 is 0 Å². The van der Waals surface area contributed by atoms with Crippen LogP contribution in [0.5, 0.6) is 0 Å². The highest BCUT2D eigenvalue weighted by atomic mass is 32.2. The highest BCUT2D eigenvalue weighted by Gasteiger charge is 2.40. The van der Waals surface area contributed by atoms with Crippen molar-refractivity contribution in [2.45, 2.75) is 30.1 Å². The molecule has 0 radical (unpaired) electrons. The van der Waals surface area contributed by atoms with Crippen LogP contribution in [0.25, 0.3) is 0 Å². The van der Waals surface area contributed by atoms with Gasteiger partial charge in [0.1, 0.15) is 0 Å². The largest absolute Gasteiger partial charge is 0.368 e. The molecule has 1 aromatic heterocycles. The van der Waals surface area contributed by atoms with Crippen LogP contribution in [0.3, 0.4) is 0 Å². The number of hydrogen-bond acceptors (Lipinski definition) is 6. The minimum Gasteiger partial charge on any atom is -0.368 e. The number of fused-ring (bicyclic) bond motifs is 3. The summed E-state index contributed by atoms with van der Waals surface area (Å²) in [5, 5.41) is 7.98. The molecule has 2 atom stereocenters. The molecular formula is C15H17N5O4S. The molecule has 0 bridgehead atoms. The normalized spacial score (nSPS) is 23.7. The lowest BCUT2D eigenvalue weighted by Crippen LogP contribution is -2.50. The highest BCUT2D eigenvalue weighted by molar-refractivity contribution is 7.89. The van der Waals surface area contributed by atoms with Crippen LogP contribution in [0, 0.1) is 0 Å². The molecule has 1 fully saturated rings. The second-order valence-corrected chi connectivity index (χ2v) is 8.07. The van der Waals surface area contributed by atoms with Crippen LogP contribution in [0.15, 0.2) is 35.4 Å². The summed E-state index contributed by atoms with van der Waals surface area (Å²) in [4.78, 5) is 11.3. The molecule has 2 N–H and O–H groups in total. The molecule has 1 aromatic carbocycles. The van der Waals surface area contributed by atoms with Crippen molar-refractivity contribution in [3.8, 4) is 0 Å². The SMILES string of the molecule is NC(=O)c1ccc(S(=O)(=O)N2CC[C@H]3[C@H](C2)OCc2cnnn23)cc1. The summed E-state index contributed by atoms with van der Waals surface area (Å²) in [6.45, 7) is 0.989. The fourth-order valence-corrected chi connectivity index (χ4v) is 4.78. The number of piperidine rings is 1. The van der Waals surface area contributed by atoms with E-state index in [1.165, 1.54) is 28.6 Å². The first-order valence-corrected chi connectivity index (χ1v) is 9.31. The van der Waals surface area contributed by atoms with Gasteiger partial charge in [0.25, 0.3) is 0 Å². The maximum Gasteiger partial charge on any atom is 0.248 e. The zero-order chi connectivity index (χ0) is 17.6. The number of ether oxygens (including phenoxy) is 1. The summed E-state index contributed by atoms with van der Waals surface area (Å²) < 4.78 is 34.8. The summed E-state index contributed by atoms with van der Waals surface area (Å²) in [6.07, 6.45) is 2.00. The van der Waals surface area contributed by atoms with E-state index < -0.39 is 15.9 Å². The van der Waals surface area contributed by atoms with Crippen LogP contribution in [0.4, 0.5) is 0 Å². The topological polar surface area (TPSA) is 120 Å². The Kier molecular flexibility index (Phi) is 3.82. The Hall–Kier alpha value is -2.30. The van der Waals surface area contributed by atoms with E-state index >= 15 is 0 Å². The van der Waals surface area contributed by atoms with Crippen molar-refractivity contribution in [3.63, 3.8) is 0 Å². The quantitative estimate of drug-likeness (QED) is 0.814. The zero-order valence-electron chi connectivity index (χ0n) is 13.3. The average molecular weight is 363 g/mol. The molecular weight excluding hydrogens is 346 g/mol. The molecule has 10 heteroatoms. The maximum atomic E-state index is 12.9. The molecule has 4 rings (SSSR count). The highest BCUT2D eigenvalue weighted by Crippen LogP contribution is 2.32. The third-order valence-electron chi connectivity index (χ3n) is 4.67. The lowest BCUT2D eigenvalue weighted by Gasteiger charge is -2.40. The summed E-state index contributed by atoms with van der Waals surface area (Å²) in [7, 11) is -3.66. The lowest BCUT2D eigenvalue weighted by molar-refractivity contribution is -0.0543. The average Bonchev–Trinajstić information content (AvgIpc) is 3.10. The minimum absolute atomic E-state index is 0.00469. The van der Waals surface area contributed by atoms with Crippen molar-refractivity contribution in [1.29, 1.82) is 0 Å². The summed E-state index contributed by atoms with van der Waals surface area (Å²) in [5.41, 5.74) is 6.36. The Morgan fingerprint density at radius 3 is 2.76 bits per heavy atom. The van der Waals surface area contributed by atoms with Gasteiger partial charge in [-0.2, -0.15) is 4.31 Å². The number of benzene rings is 1. The first kappa shape index (κ1) is 16.2. The van der Waals surface area contributed by atoms with Crippen LogP contribution in [-0.2, 0) is 21.4 Å². The van der Waals surface area contributed by atoms with Gasteiger partial charge in [0.2, 0.25) is 15.9 Å². The number of primary amides is 1. The van der Waals surface area contributed by atoms with Gasteiger partial charge in [0, 0.05) is 18.7 Å². The fraction of sp³-hybridized carbons (Fsp3) is 0.400. The first-order chi connectivity index (χ1) is 12.0. The van der Waals surface area contributed by atoms with Crippen molar-refractivity contribution < 1.29 is 17.9 Å². The van der Waals surface area contributed by atoms with Crippen LogP contribution in [-0.4, -0.2) is 52.8 Å². The van der Waals surface area contributed by atoms with Crippen LogP contribution >= 0.6 is 0 Å². The molecule has 0 unspecified atom stereocenters. The standard InChI is InChI=1S/C15H17N5O4S/c16-15(21)10-1-3-12(4-2-10)25(22,23)19-6-5-13-14(8-19)24-9-11-7-17-18-20(11)13/h1-4,7,13-14H,5-6,8-9H2,(H2,16,21)/t13-,14-/m0/s1. The monoisotopic (exact) mass is 363 g/mol. The number of amides is 1. The first-order valence-electron chi connectivity index (χ1n) is 7.87. The van der Waals surface area contributed by atoms with Crippen LogP contribution in [0.1, 0.15) is 28.5 Å². The van der Waals surface area contributed by atoms with E-state index in [1.807, 2.05) is 4.68 Å². The van der Waals surface area contributed by atoms with E-state index in [4.69, 9.17) is 10.5 Å². The zero-order valence-corrected chi connectivity index (χ0v) is 14.1. The Morgan fingerprint density at radius 1 is 1.28 bits per heavy atom. The lowest BCUT2D eigenvalue weighted by atomic mass is 10.0. The fourth-order valence-electron chi connectivity index (χ4n) is 3.32. The molecule has 2 aromatic rings. The Balaban J connectivity index is 1.56. The number of hydrogen-bond donors (Lipinski definition) is 1. The van der Waals surface area contributed by atoms with Gasteiger partial charge in [0.05, 0.1) is 35.5 Å². The summed E-state index contributed by atoms with van der Waals surface area (Å²) in [6, 6.07) is 5.63. The summed E-state index contributed by atoms with van der Waals surface area (Å²) in [5.74, 6) is -0.594. The molecule has 0 saturated carbocycles. The van der Waals surface area contributed by atoms with E-state index in [9.17, 15) is 13.2 Å². The molecule has 25 heavy (non-hydrogen) atoms. The number of nitrogens with two attached hydrogens (primary N) is 1. The van der Waals surface area contributed by atoms with Crippen LogP contribution in [0.2, 0.25) is 0 Å². The number of rotatable bonds is 3. The maximum absolute atomic E-state index is 12.9. The molecule has 0 spiro atoms. The van der Waals surface area contributed by atoms with Crippen molar-refractivity contribution >= 4 is 15.9 Å². The third-order valence-corrected chi connectivity index (χ3v) is 6.55. The van der Waals surface area contributed by atoms with Crippen LogP contribution < -0.4 is 5.73 Å². The van der Waals surface area contributed by atoms with E-state index in [0.717, 1.165) is 5.69 Å². The van der Waals surface area contributed by atoms with Gasteiger partial charge in [-0.1, -0.05) is 5.21 Å². The van der Waals surface area contributed by atoms with Crippen molar-refractivity contribution in [3.05, 3.63) is 41.7 Å². The minimum atomic E-state index is -3.66. The van der Waals surface area contributed by atoms with Crippen molar-refractivity contribution in [2.75, 3.05) is 13.1 Å². The van der Waals surface area contributed by atoms with Gasteiger partial charge in [-0.25, -0.2) is 13.1 Å². The van der Waals surface area contributed by atoms with Crippen molar-refractivity contribution in [1.82, 2.24) is 19.3 Å². The Labute approximate surface area is 144 Å². The molecule has 1 amide bonds. The molecule has 0 aliphatic carbocycles. The Morgan fingerprint density at radius 2 is 2.04 bits per heavy atom. The van der Waals surface area contributed by atoms with Gasteiger partial charge in [-0.3, -0.25) is 4.79 Å². The Bertz CT molecular complexity index is 908. The van der Waals surface area contributed by atoms with Crippen molar-refractivity contribution in [2.24, 2.45) is 5.73 Å². The van der Waals surface area contributed by atoms with Gasteiger partial charge in [-0.05, 0) is 30.7 Å². The predicted molar refractivity (Wildman–Crippen MR) is 86.0 cm³/mol. The molecule has 2 aliphatic rings. The number of sulfonamides is 1. The van der Waals surface area contributed by atoms with E-state index in [1.54, 1.807) is 6.20 Å². The number of carbonyl (C=O) groups excluding carboxylic acids is 1. The second-order valence-electron chi connectivity index (χ2n) is 6.13. The van der Waals surface area contributed by atoms with E-state index in [2.05, 4.69) is 10.3 Å². The van der Waals surface area contributed by atoms with Gasteiger partial charge < -0.3 is 10.5 Å². The molecule has 2 aliphatic heterocycles. The molecule has 1 saturated heterocycles. The van der Waals surface area contributed by atoms with E-state index in [-0.39, 0.29) is 29.1 Å². The third kappa shape index (κ3) is 2.71. The summed E-state index contributed by atoms with van der Waals surface area (Å²) >= 11 is 0. The molecule has 132 valence electrons. The molecule has 9 nitrogen and oxygen atoms in total. The number of carbonyl (C=O) groups is 1. The van der Waals surface area contributed by atoms with Gasteiger partial charge in [0.15, 0.2) is 0 Å². The smallest absolute Gasteiger partial charge is 0.248 e. The van der Waals surface area contributed by atoms with E-state index in [0.29, 0.717) is 19.6 Å². The number of aromatic nitrogens is 3.